The maximum atomic E-state index is 12.8. The van der Waals surface area contributed by atoms with Crippen LogP contribution in [0.1, 0.15) is 54.0 Å². The molecule has 1 saturated heterocycles. The van der Waals surface area contributed by atoms with E-state index in [1.165, 1.54) is 5.56 Å². The average molecular weight is 373 g/mol. The molecule has 0 aliphatic carbocycles. The molecule has 0 saturated carbocycles. The summed E-state index contributed by atoms with van der Waals surface area (Å²) in [5.41, 5.74) is 4.21. The van der Waals surface area contributed by atoms with Crippen molar-refractivity contribution < 1.29 is 9.53 Å². The fraction of sp³-hybridized carbons (Fsp3) is 0.524. The highest BCUT2D eigenvalue weighted by Crippen LogP contribution is 2.29. The second kappa shape index (κ2) is 8.40. The van der Waals surface area contributed by atoms with Crippen LogP contribution in [-0.2, 0) is 17.7 Å². The van der Waals surface area contributed by atoms with Gasteiger partial charge in [-0.15, -0.1) is 0 Å². The Bertz CT molecular complexity index is 761. The number of Topliss-reactive ketones (excluding diaryl/α,β-unsaturated/α-hetero) is 1. The molecule has 1 fully saturated rings. The molecular formula is C21H28N2O2S. The van der Waals surface area contributed by atoms with Gasteiger partial charge in [0, 0.05) is 17.9 Å². The first-order valence-electron chi connectivity index (χ1n) is 9.44. The van der Waals surface area contributed by atoms with Crippen molar-refractivity contribution in [3.05, 3.63) is 46.8 Å². The lowest BCUT2D eigenvalue weighted by atomic mass is 10.1. The van der Waals surface area contributed by atoms with E-state index in [9.17, 15) is 4.79 Å². The van der Waals surface area contributed by atoms with Crippen molar-refractivity contribution in [2.24, 2.45) is 0 Å². The molecule has 26 heavy (non-hydrogen) atoms. The molecule has 1 aromatic heterocycles. The van der Waals surface area contributed by atoms with E-state index in [0.29, 0.717) is 0 Å². The van der Waals surface area contributed by atoms with E-state index in [-0.39, 0.29) is 17.1 Å². The van der Waals surface area contributed by atoms with Crippen molar-refractivity contribution in [2.75, 3.05) is 6.61 Å². The maximum absolute atomic E-state index is 12.8. The first kappa shape index (κ1) is 19.2. The number of hydrogen-bond acceptors (Lipinski definition) is 4. The molecule has 2 heterocycles. The number of thioether (sulfide) groups is 1. The number of aryl methyl sites for hydroxylation is 2. The fourth-order valence-electron chi connectivity index (χ4n) is 3.27. The maximum Gasteiger partial charge on any atom is 0.175 e. The first-order chi connectivity index (χ1) is 12.5. The zero-order valence-corrected chi connectivity index (χ0v) is 16.9. The van der Waals surface area contributed by atoms with Crippen LogP contribution < -0.4 is 0 Å². The van der Waals surface area contributed by atoms with Gasteiger partial charge in [-0.05, 0) is 45.6 Å². The summed E-state index contributed by atoms with van der Waals surface area (Å²) in [5.74, 6) is 0.152. The number of ketones is 1. The van der Waals surface area contributed by atoms with Gasteiger partial charge in [0.05, 0.1) is 23.6 Å². The number of benzene rings is 1. The Morgan fingerprint density at radius 2 is 2.08 bits per heavy atom. The van der Waals surface area contributed by atoms with Gasteiger partial charge < -0.3 is 9.30 Å². The van der Waals surface area contributed by atoms with Gasteiger partial charge in [-0.3, -0.25) is 4.79 Å². The third-order valence-electron chi connectivity index (χ3n) is 5.13. The minimum atomic E-state index is -0.174. The van der Waals surface area contributed by atoms with E-state index in [1.54, 1.807) is 11.8 Å². The number of nitrogens with zero attached hydrogens (tertiary/aromatic N) is 2. The van der Waals surface area contributed by atoms with Crippen LogP contribution in [-0.4, -0.2) is 33.3 Å². The lowest BCUT2D eigenvalue weighted by Crippen LogP contribution is -2.19. The predicted molar refractivity (Wildman–Crippen MR) is 106 cm³/mol. The highest BCUT2D eigenvalue weighted by molar-refractivity contribution is 8.00. The molecule has 0 radical (unpaired) electrons. The summed E-state index contributed by atoms with van der Waals surface area (Å²) in [4.78, 5) is 17.5. The zero-order chi connectivity index (χ0) is 18.7. The van der Waals surface area contributed by atoms with Crippen molar-refractivity contribution in [3.63, 3.8) is 0 Å². The Hall–Kier alpha value is -1.59. The lowest BCUT2D eigenvalue weighted by Gasteiger charge is -2.16. The van der Waals surface area contributed by atoms with E-state index in [0.717, 1.165) is 54.5 Å². The van der Waals surface area contributed by atoms with Crippen LogP contribution in [0.15, 0.2) is 29.4 Å². The van der Waals surface area contributed by atoms with E-state index < -0.39 is 0 Å². The number of ether oxygens (including phenoxy) is 1. The number of hydrogen-bond donors (Lipinski definition) is 0. The molecule has 4 nitrogen and oxygen atoms in total. The zero-order valence-electron chi connectivity index (χ0n) is 16.1. The number of carbonyl (C=O) groups is 1. The summed E-state index contributed by atoms with van der Waals surface area (Å²) >= 11 is 1.55. The summed E-state index contributed by atoms with van der Waals surface area (Å²) in [6.45, 7) is 9.88. The van der Waals surface area contributed by atoms with Crippen LogP contribution >= 0.6 is 11.8 Å². The van der Waals surface area contributed by atoms with Gasteiger partial charge in [0.2, 0.25) is 0 Å². The molecule has 5 heteroatoms. The summed E-state index contributed by atoms with van der Waals surface area (Å²) in [5, 5.41) is 0.744. The van der Waals surface area contributed by atoms with Gasteiger partial charge in [-0.25, -0.2) is 4.98 Å². The van der Waals surface area contributed by atoms with Crippen molar-refractivity contribution in [2.45, 2.75) is 70.0 Å². The molecule has 1 aromatic carbocycles. The topological polar surface area (TPSA) is 44.1 Å². The van der Waals surface area contributed by atoms with Crippen molar-refractivity contribution in [1.82, 2.24) is 9.55 Å². The second-order valence-electron chi connectivity index (χ2n) is 6.99. The SMILES string of the molecule is CCc1ccc(C(=O)[C@H](C)Sc2nc(C)c(C)n2C[C@H]2CCCO2)cc1. The standard InChI is InChI=1S/C21H28N2O2S/c1-5-17-8-10-18(11-9-17)20(24)16(4)26-21-22-14(2)15(3)23(21)13-19-7-6-12-25-19/h8-11,16,19H,5-7,12-13H2,1-4H3/t16-,19+/m0/s1. The molecular weight excluding hydrogens is 344 g/mol. The van der Waals surface area contributed by atoms with Crippen molar-refractivity contribution in [3.8, 4) is 0 Å². The normalized spacial score (nSPS) is 18.2. The third kappa shape index (κ3) is 4.21. The summed E-state index contributed by atoms with van der Waals surface area (Å²) < 4.78 is 8.02. The monoisotopic (exact) mass is 372 g/mol. The molecule has 0 spiro atoms. The Kier molecular flexibility index (Phi) is 6.20. The molecule has 0 amide bonds. The van der Waals surface area contributed by atoms with Gasteiger partial charge in [-0.2, -0.15) is 0 Å². The summed E-state index contributed by atoms with van der Waals surface area (Å²) in [6, 6.07) is 7.95. The Labute approximate surface area is 160 Å². The van der Waals surface area contributed by atoms with E-state index >= 15 is 0 Å². The first-order valence-corrected chi connectivity index (χ1v) is 10.3. The van der Waals surface area contributed by atoms with E-state index in [1.807, 2.05) is 38.1 Å². The Morgan fingerprint density at radius 1 is 1.35 bits per heavy atom. The molecule has 0 unspecified atom stereocenters. The molecule has 1 aliphatic heterocycles. The van der Waals surface area contributed by atoms with Crippen LogP contribution in [0, 0.1) is 13.8 Å². The molecule has 3 rings (SSSR count). The van der Waals surface area contributed by atoms with Crippen LogP contribution in [0.5, 0.6) is 0 Å². The number of carbonyl (C=O) groups excluding carboxylic acids is 1. The summed E-state index contributed by atoms with van der Waals surface area (Å²) in [6.07, 6.45) is 3.47. The Morgan fingerprint density at radius 3 is 2.69 bits per heavy atom. The number of rotatable bonds is 7. The average Bonchev–Trinajstić information content (AvgIpc) is 3.25. The molecule has 140 valence electrons. The second-order valence-corrected chi connectivity index (χ2v) is 8.29. The highest BCUT2D eigenvalue weighted by Gasteiger charge is 2.23. The van der Waals surface area contributed by atoms with Crippen LogP contribution in [0.2, 0.25) is 0 Å². The van der Waals surface area contributed by atoms with Gasteiger partial charge in [0.1, 0.15) is 0 Å². The molecule has 0 bridgehead atoms. The fourth-order valence-corrected chi connectivity index (χ4v) is 4.36. The molecule has 1 aliphatic rings. The highest BCUT2D eigenvalue weighted by atomic mass is 32.2. The van der Waals surface area contributed by atoms with Crippen LogP contribution in [0.25, 0.3) is 0 Å². The molecule has 2 aromatic rings. The third-order valence-corrected chi connectivity index (χ3v) is 6.22. The van der Waals surface area contributed by atoms with Gasteiger partial charge in [0.25, 0.3) is 0 Å². The number of imidazole rings is 1. The minimum absolute atomic E-state index is 0.152. The summed E-state index contributed by atoms with van der Waals surface area (Å²) in [7, 11) is 0. The van der Waals surface area contributed by atoms with Gasteiger partial charge in [-0.1, -0.05) is 43.0 Å². The Balaban J connectivity index is 1.74. The lowest BCUT2D eigenvalue weighted by molar-refractivity contribution is 0.0944. The minimum Gasteiger partial charge on any atom is -0.376 e. The predicted octanol–water partition coefficient (Wildman–Crippen LogP) is 4.60. The van der Waals surface area contributed by atoms with Crippen LogP contribution in [0.4, 0.5) is 0 Å². The smallest absolute Gasteiger partial charge is 0.175 e. The van der Waals surface area contributed by atoms with Crippen LogP contribution in [0.3, 0.4) is 0 Å². The quantitative estimate of drug-likeness (QED) is 0.526. The molecule has 0 N–H and O–H groups in total. The van der Waals surface area contributed by atoms with Crippen molar-refractivity contribution in [1.29, 1.82) is 0 Å². The van der Waals surface area contributed by atoms with Gasteiger partial charge in [0.15, 0.2) is 10.9 Å². The van der Waals surface area contributed by atoms with Crippen molar-refractivity contribution >= 4 is 17.5 Å². The van der Waals surface area contributed by atoms with E-state index in [2.05, 4.69) is 18.4 Å². The van der Waals surface area contributed by atoms with Gasteiger partial charge >= 0.3 is 0 Å². The van der Waals surface area contributed by atoms with E-state index in [4.69, 9.17) is 9.72 Å². The largest absolute Gasteiger partial charge is 0.376 e. The molecule has 2 atom stereocenters. The number of aromatic nitrogens is 2.